The normalized spacial score (nSPS) is 33.1. The van der Waals surface area contributed by atoms with Crippen LogP contribution in [-0.2, 0) is 4.79 Å². The van der Waals surface area contributed by atoms with E-state index in [0.29, 0.717) is 18.1 Å². The van der Waals surface area contributed by atoms with E-state index in [1.807, 2.05) is 13.8 Å². The van der Waals surface area contributed by atoms with Crippen molar-refractivity contribution in [3.05, 3.63) is 0 Å². The van der Waals surface area contributed by atoms with Gasteiger partial charge in [-0.2, -0.15) is 12.6 Å². The molecule has 0 aromatic heterocycles. The molecule has 1 amide bonds. The fraction of sp³-hybridized carbons (Fsp3) is 0.900. The minimum Gasteiger partial charge on any atom is -0.380 e. The number of carbonyl (C=O) groups is 1. The minimum atomic E-state index is -1.15. The summed E-state index contributed by atoms with van der Waals surface area (Å²) in [7, 11) is 0. The third-order valence-electron chi connectivity index (χ3n) is 2.62. The molecule has 3 nitrogen and oxygen atoms in total. The van der Waals surface area contributed by atoms with Gasteiger partial charge in [-0.25, -0.2) is 0 Å². The number of carbonyl (C=O) groups excluding carboxylic acids is 1. The lowest BCUT2D eigenvalue weighted by atomic mass is 9.84. The molecule has 1 aliphatic rings. The predicted octanol–water partition coefficient (Wildman–Crippen LogP) is 1.11. The Morgan fingerprint density at radius 2 is 2.00 bits per heavy atom. The molecule has 0 bridgehead atoms. The van der Waals surface area contributed by atoms with Crippen LogP contribution in [0.2, 0.25) is 0 Å². The summed E-state index contributed by atoms with van der Waals surface area (Å²) in [6.07, 6.45) is 2.68. The first kappa shape index (κ1) is 11.9. The molecule has 2 N–H and O–H groups in total. The zero-order chi connectivity index (χ0) is 10.8. The molecule has 0 atom stereocenters. The Balaban J connectivity index is 2.52. The molecule has 4 heteroatoms. The Hall–Kier alpha value is -0.220. The number of hydrogen-bond donors (Lipinski definition) is 3. The Labute approximate surface area is 90.7 Å². The highest BCUT2D eigenvalue weighted by Crippen LogP contribution is 2.31. The molecule has 0 saturated heterocycles. The van der Waals surface area contributed by atoms with Crippen molar-refractivity contribution in [3.63, 3.8) is 0 Å². The predicted molar refractivity (Wildman–Crippen MR) is 59.5 cm³/mol. The van der Waals surface area contributed by atoms with E-state index in [0.717, 1.165) is 12.8 Å². The fourth-order valence-corrected chi connectivity index (χ4v) is 1.96. The van der Waals surface area contributed by atoms with Gasteiger partial charge in [-0.05, 0) is 39.5 Å². The van der Waals surface area contributed by atoms with Crippen molar-refractivity contribution in [3.8, 4) is 0 Å². The van der Waals surface area contributed by atoms with E-state index in [4.69, 9.17) is 0 Å². The number of hydrogen-bond acceptors (Lipinski definition) is 3. The quantitative estimate of drug-likeness (QED) is 0.607. The highest BCUT2D eigenvalue weighted by atomic mass is 32.1. The van der Waals surface area contributed by atoms with Crippen molar-refractivity contribution < 1.29 is 9.90 Å². The Kier molecular flexibility index (Phi) is 3.84. The molecule has 0 heterocycles. The van der Waals surface area contributed by atoms with Gasteiger partial charge in [0.15, 0.2) is 0 Å². The molecule has 1 rings (SSSR count). The number of aliphatic hydroxyl groups is 1. The Morgan fingerprint density at radius 1 is 1.50 bits per heavy atom. The maximum absolute atomic E-state index is 11.7. The Bertz CT molecular complexity index is 210. The van der Waals surface area contributed by atoms with Gasteiger partial charge in [0.1, 0.15) is 5.60 Å². The maximum atomic E-state index is 11.7. The molecule has 0 unspecified atom stereocenters. The Morgan fingerprint density at radius 3 is 2.43 bits per heavy atom. The van der Waals surface area contributed by atoms with Crippen molar-refractivity contribution in [2.24, 2.45) is 0 Å². The van der Waals surface area contributed by atoms with Gasteiger partial charge in [-0.15, -0.1) is 0 Å². The third kappa shape index (κ3) is 2.89. The zero-order valence-corrected chi connectivity index (χ0v) is 9.68. The standard InChI is InChI=1S/C10H19NO2S/c1-7(2)11-9(12)10(13)5-3-8(14)4-6-10/h7-8,13-14H,3-6H2,1-2H3,(H,11,12). The van der Waals surface area contributed by atoms with E-state index >= 15 is 0 Å². The van der Waals surface area contributed by atoms with E-state index in [2.05, 4.69) is 17.9 Å². The summed E-state index contributed by atoms with van der Waals surface area (Å²) in [4.78, 5) is 11.7. The molecule has 14 heavy (non-hydrogen) atoms. The average Bonchev–Trinajstić information content (AvgIpc) is 2.09. The largest absolute Gasteiger partial charge is 0.380 e. The number of amides is 1. The summed E-state index contributed by atoms with van der Waals surface area (Å²) in [6, 6.07) is 0.0836. The van der Waals surface area contributed by atoms with Crippen molar-refractivity contribution in [1.82, 2.24) is 5.32 Å². The second kappa shape index (κ2) is 4.53. The smallest absolute Gasteiger partial charge is 0.252 e. The molecule has 1 fully saturated rings. The summed E-state index contributed by atoms with van der Waals surface area (Å²) >= 11 is 4.33. The minimum absolute atomic E-state index is 0.0836. The van der Waals surface area contributed by atoms with Crippen molar-refractivity contribution >= 4 is 18.5 Å². The van der Waals surface area contributed by atoms with Gasteiger partial charge in [-0.1, -0.05) is 0 Å². The summed E-state index contributed by atoms with van der Waals surface area (Å²) in [5.74, 6) is -0.229. The van der Waals surface area contributed by atoms with Crippen LogP contribution in [0.3, 0.4) is 0 Å². The van der Waals surface area contributed by atoms with E-state index in [-0.39, 0.29) is 11.9 Å². The number of rotatable bonds is 2. The number of nitrogens with one attached hydrogen (secondary N) is 1. The van der Waals surface area contributed by atoms with Gasteiger partial charge in [0.2, 0.25) is 0 Å². The third-order valence-corrected chi connectivity index (χ3v) is 3.14. The summed E-state index contributed by atoms with van der Waals surface area (Å²) < 4.78 is 0. The van der Waals surface area contributed by atoms with Crippen LogP contribution in [0.4, 0.5) is 0 Å². The average molecular weight is 217 g/mol. The molecular formula is C10H19NO2S. The maximum Gasteiger partial charge on any atom is 0.252 e. The first-order chi connectivity index (χ1) is 6.44. The van der Waals surface area contributed by atoms with Crippen molar-refractivity contribution in [2.45, 2.75) is 56.4 Å². The van der Waals surface area contributed by atoms with Crippen LogP contribution >= 0.6 is 12.6 Å². The van der Waals surface area contributed by atoms with Gasteiger partial charge in [0.25, 0.3) is 5.91 Å². The van der Waals surface area contributed by atoms with Gasteiger partial charge in [-0.3, -0.25) is 4.79 Å². The van der Waals surface area contributed by atoms with Crippen LogP contribution in [0.5, 0.6) is 0 Å². The molecule has 0 aromatic rings. The molecule has 0 aliphatic heterocycles. The van der Waals surface area contributed by atoms with E-state index in [9.17, 15) is 9.90 Å². The molecular weight excluding hydrogens is 198 g/mol. The van der Waals surface area contributed by atoms with Gasteiger partial charge < -0.3 is 10.4 Å². The summed E-state index contributed by atoms with van der Waals surface area (Å²) in [5, 5.41) is 13.1. The van der Waals surface area contributed by atoms with Crippen LogP contribution < -0.4 is 5.32 Å². The van der Waals surface area contributed by atoms with E-state index in [1.54, 1.807) is 0 Å². The molecule has 1 aliphatic carbocycles. The lowest BCUT2D eigenvalue weighted by Gasteiger charge is -2.33. The van der Waals surface area contributed by atoms with Crippen molar-refractivity contribution in [2.75, 3.05) is 0 Å². The summed E-state index contributed by atoms with van der Waals surface area (Å²) in [6.45, 7) is 3.79. The van der Waals surface area contributed by atoms with Gasteiger partial charge >= 0.3 is 0 Å². The lowest BCUT2D eigenvalue weighted by Crippen LogP contribution is -2.51. The van der Waals surface area contributed by atoms with Gasteiger partial charge in [0, 0.05) is 11.3 Å². The molecule has 0 radical (unpaired) electrons. The summed E-state index contributed by atoms with van der Waals surface area (Å²) in [5.41, 5.74) is -1.15. The second-order valence-corrected chi connectivity index (χ2v) is 5.12. The van der Waals surface area contributed by atoms with Crippen LogP contribution in [0.1, 0.15) is 39.5 Å². The van der Waals surface area contributed by atoms with E-state index < -0.39 is 5.60 Å². The van der Waals surface area contributed by atoms with Crippen LogP contribution in [0.25, 0.3) is 0 Å². The molecule has 82 valence electrons. The highest BCUT2D eigenvalue weighted by molar-refractivity contribution is 7.80. The zero-order valence-electron chi connectivity index (χ0n) is 8.79. The first-order valence-electron chi connectivity index (χ1n) is 5.15. The van der Waals surface area contributed by atoms with Crippen LogP contribution in [0.15, 0.2) is 0 Å². The second-order valence-electron chi connectivity index (χ2n) is 4.39. The monoisotopic (exact) mass is 217 g/mol. The first-order valence-corrected chi connectivity index (χ1v) is 5.67. The van der Waals surface area contributed by atoms with Gasteiger partial charge in [0.05, 0.1) is 0 Å². The highest BCUT2D eigenvalue weighted by Gasteiger charge is 2.39. The SMILES string of the molecule is CC(C)NC(=O)C1(O)CCC(S)CC1. The van der Waals surface area contributed by atoms with Crippen LogP contribution in [-0.4, -0.2) is 27.9 Å². The van der Waals surface area contributed by atoms with Crippen molar-refractivity contribution in [1.29, 1.82) is 0 Å². The topological polar surface area (TPSA) is 49.3 Å². The molecule has 0 aromatic carbocycles. The fourth-order valence-electron chi connectivity index (χ4n) is 1.70. The lowest BCUT2D eigenvalue weighted by molar-refractivity contribution is -0.143. The number of thiol groups is 1. The molecule has 0 spiro atoms. The van der Waals surface area contributed by atoms with Crippen LogP contribution in [0, 0.1) is 0 Å². The molecule has 1 saturated carbocycles. The van der Waals surface area contributed by atoms with E-state index in [1.165, 1.54) is 0 Å².